The summed E-state index contributed by atoms with van der Waals surface area (Å²) in [6.07, 6.45) is 2.57. The van der Waals surface area contributed by atoms with Crippen molar-refractivity contribution in [3.8, 4) is 5.75 Å². The van der Waals surface area contributed by atoms with Gasteiger partial charge in [0.25, 0.3) is 5.54 Å². The minimum Gasteiger partial charge on any atom is -0.497 e. The lowest BCUT2D eigenvalue weighted by molar-refractivity contribution is -0.589. The molecule has 1 aliphatic rings. The van der Waals surface area contributed by atoms with E-state index in [0.29, 0.717) is 12.8 Å². The molecule has 1 aromatic rings. The minimum atomic E-state index is -1.05. The van der Waals surface area contributed by atoms with Gasteiger partial charge in [-0.1, -0.05) is 25.1 Å². The van der Waals surface area contributed by atoms with Gasteiger partial charge in [-0.3, -0.25) is 10.1 Å². The number of rotatable bonds is 5. The first kappa shape index (κ1) is 15.5. The number of hydrogen-bond acceptors (Lipinski definition) is 4. The average Bonchev–Trinajstić information content (AvgIpc) is 2.54. The van der Waals surface area contributed by atoms with E-state index in [0.717, 1.165) is 11.3 Å². The summed E-state index contributed by atoms with van der Waals surface area (Å²) in [6, 6.07) is 7.62. The molecule has 5 nitrogen and oxygen atoms in total. The molecule has 0 radical (unpaired) electrons. The van der Waals surface area contributed by atoms with Crippen LogP contribution in [0.3, 0.4) is 0 Å². The summed E-state index contributed by atoms with van der Waals surface area (Å²) in [6.45, 7) is 5.73. The van der Waals surface area contributed by atoms with E-state index in [1.165, 1.54) is 0 Å². The van der Waals surface area contributed by atoms with Gasteiger partial charge in [-0.15, -0.1) is 6.58 Å². The van der Waals surface area contributed by atoms with E-state index < -0.39 is 5.54 Å². The Morgan fingerprint density at radius 2 is 2.19 bits per heavy atom. The van der Waals surface area contributed by atoms with Crippen molar-refractivity contribution in [3.05, 3.63) is 52.6 Å². The van der Waals surface area contributed by atoms with Crippen molar-refractivity contribution in [2.24, 2.45) is 5.92 Å². The van der Waals surface area contributed by atoms with Gasteiger partial charge in [-0.05, 0) is 24.1 Å². The Morgan fingerprint density at radius 1 is 1.52 bits per heavy atom. The van der Waals surface area contributed by atoms with Gasteiger partial charge in [0.05, 0.1) is 19.1 Å². The van der Waals surface area contributed by atoms with Crippen LogP contribution in [0.2, 0.25) is 0 Å². The Kier molecular flexibility index (Phi) is 4.63. The van der Waals surface area contributed by atoms with Gasteiger partial charge in [-0.2, -0.15) is 0 Å². The van der Waals surface area contributed by atoms with Crippen molar-refractivity contribution in [1.82, 2.24) is 0 Å². The predicted molar refractivity (Wildman–Crippen MR) is 80.0 cm³/mol. The zero-order valence-corrected chi connectivity index (χ0v) is 12.5. The second kappa shape index (κ2) is 6.26. The highest BCUT2D eigenvalue weighted by Gasteiger charge is 2.52. The number of nitrogens with zero attached hydrogens (tertiary/aromatic N) is 1. The van der Waals surface area contributed by atoms with Gasteiger partial charge >= 0.3 is 0 Å². The predicted octanol–water partition coefficient (Wildman–Crippen LogP) is 3.38. The highest BCUT2D eigenvalue weighted by atomic mass is 16.6. The highest BCUT2D eigenvalue weighted by Crippen LogP contribution is 2.41. The van der Waals surface area contributed by atoms with E-state index in [4.69, 9.17) is 9.47 Å². The van der Waals surface area contributed by atoms with Gasteiger partial charge in [0.15, 0.2) is 0 Å². The first-order chi connectivity index (χ1) is 10.1. The molecule has 0 unspecified atom stereocenters. The fourth-order valence-corrected chi connectivity index (χ4v) is 2.92. The molecule has 114 valence electrons. The fraction of sp³-hybridized carbons (Fsp3) is 0.500. The first-order valence-electron chi connectivity index (χ1n) is 7.10. The molecule has 2 rings (SSSR count). The lowest BCUT2D eigenvalue weighted by Crippen LogP contribution is -2.52. The SMILES string of the molecule is C=C[C@H]1C[C@@H](c2ccc(OC)cc2)OC[C@@]1(CC)[N+](=O)[O-]. The Labute approximate surface area is 124 Å². The average molecular weight is 291 g/mol. The maximum atomic E-state index is 11.5. The van der Waals surface area contributed by atoms with E-state index in [1.807, 2.05) is 31.2 Å². The van der Waals surface area contributed by atoms with Crippen molar-refractivity contribution in [2.75, 3.05) is 13.7 Å². The molecule has 0 spiro atoms. The molecule has 0 bridgehead atoms. The molecule has 0 saturated carbocycles. The molecule has 1 fully saturated rings. The number of ether oxygens (including phenoxy) is 2. The second-order valence-corrected chi connectivity index (χ2v) is 5.36. The largest absolute Gasteiger partial charge is 0.497 e. The van der Waals surface area contributed by atoms with Crippen molar-refractivity contribution >= 4 is 0 Å². The van der Waals surface area contributed by atoms with E-state index in [2.05, 4.69) is 6.58 Å². The van der Waals surface area contributed by atoms with Crippen LogP contribution in [0.4, 0.5) is 0 Å². The summed E-state index contributed by atoms with van der Waals surface area (Å²) < 4.78 is 10.9. The summed E-state index contributed by atoms with van der Waals surface area (Å²) >= 11 is 0. The molecule has 1 aliphatic heterocycles. The molecule has 0 aromatic heterocycles. The Bertz CT molecular complexity index is 514. The Morgan fingerprint density at radius 3 is 2.67 bits per heavy atom. The highest BCUT2D eigenvalue weighted by molar-refractivity contribution is 5.29. The number of methoxy groups -OCH3 is 1. The molecule has 3 atom stereocenters. The number of benzene rings is 1. The molecule has 0 aliphatic carbocycles. The number of nitro groups is 1. The maximum absolute atomic E-state index is 11.5. The lowest BCUT2D eigenvalue weighted by Gasteiger charge is -2.38. The molecule has 21 heavy (non-hydrogen) atoms. The van der Waals surface area contributed by atoms with Crippen LogP contribution in [0.15, 0.2) is 36.9 Å². The van der Waals surface area contributed by atoms with Crippen LogP contribution in [0, 0.1) is 16.0 Å². The van der Waals surface area contributed by atoms with Crippen LogP contribution >= 0.6 is 0 Å². The molecular weight excluding hydrogens is 270 g/mol. The first-order valence-corrected chi connectivity index (χ1v) is 7.10. The smallest absolute Gasteiger partial charge is 0.251 e. The van der Waals surface area contributed by atoms with Crippen LogP contribution in [0.1, 0.15) is 31.4 Å². The fourth-order valence-electron chi connectivity index (χ4n) is 2.92. The molecule has 1 aromatic carbocycles. The Balaban J connectivity index is 2.20. The van der Waals surface area contributed by atoms with Gasteiger partial charge in [0.1, 0.15) is 12.4 Å². The topological polar surface area (TPSA) is 61.6 Å². The summed E-state index contributed by atoms with van der Waals surface area (Å²) in [5, 5.41) is 11.5. The van der Waals surface area contributed by atoms with Gasteiger partial charge in [0.2, 0.25) is 0 Å². The van der Waals surface area contributed by atoms with Gasteiger partial charge in [0, 0.05) is 11.3 Å². The maximum Gasteiger partial charge on any atom is 0.251 e. The molecule has 0 N–H and O–H groups in total. The van der Waals surface area contributed by atoms with E-state index in [9.17, 15) is 10.1 Å². The van der Waals surface area contributed by atoms with Crippen molar-refractivity contribution in [2.45, 2.75) is 31.4 Å². The van der Waals surface area contributed by atoms with Crippen molar-refractivity contribution in [1.29, 1.82) is 0 Å². The second-order valence-electron chi connectivity index (χ2n) is 5.36. The monoisotopic (exact) mass is 291 g/mol. The third-order valence-electron chi connectivity index (χ3n) is 4.44. The summed E-state index contributed by atoms with van der Waals surface area (Å²) in [5.74, 6) is 0.585. The van der Waals surface area contributed by atoms with Crippen LogP contribution in [-0.4, -0.2) is 24.2 Å². The van der Waals surface area contributed by atoms with Crippen LogP contribution in [0.25, 0.3) is 0 Å². The van der Waals surface area contributed by atoms with E-state index in [-0.39, 0.29) is 23.6 Å². The normalized spacial score (nSPS) is 28.9. The summed E-state index contributed by atoms with van der Waals surface area (Å²) in [5.41, 5.74) is -0.0410. The summed E-state index contributed by atoms with van der Waals surface area (Å²) in [7, 11) is 1.62. The van der Waals surface area contributed by atoms with Crippen molar-refractivity contribution < 1.29 is 14.4 Å². The summed E-state index contributed by atoms with van der Waals surface area (Å²) in [4.78, 5) is 11.3. The molecule has 1 heterocycles. The van der Waals surface area contributed by atoms with Crippen molar-refractivity contribution in [3.63, 3.8) is 0 Å². The quantitative estimate of drug-likeness (QED) is 0.474. The molecule has 1 saturated heterocycles. The third kappa shape index (κ3) is 2.78. The minimum absolute atomic E-state index is 0.115. The molecular formula is C16H21NO4. The third-order valence-corrected chi connectivity index (χ3v) is 4.44. The van der Waals surface area contributed by atoms with Crippen LogP contribution in [-0.2, 0) is 4.74 Å². The van der Waals surface area contributed by atoms with E-state index in [1.54, 1.807) is 13.2 Å². The Hall–Kier alpha value is -1.88. The van der Waals surface area contributed by atoms with Crippen LogP contribution in [0.5, 0.6) is 5.75 Å². The standard InChI is InChI=1S/C16H21NO4/c1-4-13-10-15(12-6-8-14(20-3)9-7-12)21-11-16(13,5-2)17(18)19/h4,6-9,13,15H,1,5,10-11H2,2-3H3/t13-,15-,16+/m0/s1. The zero-order valence-electron chi connectivity index (χ0n) is 12.5. The molecule has 5 heteroatoms. The lowest BCUT2D eigenvalue weighted by atomic mass is 9.76. The van der Waals surface area contributed by atoms with Gasteiger partial charge in [-0.25, -0.2) is 0 Å². The van der Waals surface area contributed by atoms with E-state index >= 15 is 0 Å². The van der Waals surface area contributed by atoms with Gasteiger partial charge < -0.3 is 9.47 Å². The molecule has 0 amide bonds. The van der Waals surface area contributed by atoms with Crippen LogP contribution < -0.4 is 4.74 Å². The number of hydrogen-bond donors (Lipinski definition) is 0. The zero-order chi connectivity index (χ0) is 15.5.